The van der Waals surface area contributed by atoms with Crippen molar-refractivity contribution in [1.29, 1.82) is 0 Å². The van der Waals surface area contributed by atoms with Crippen LogP contribution in [0.25, 0.3) is 5.69 Å². The summed E-state index contributed by atoms with van der Waals surface area (Å²) in [7, 11) is 1.58. The lowest BCUT2D eigenvalue weighted by atomic mass is 10.2. The number of nitrogens with zero attached hydrogens (tertiary/aromatic N) is 2. The lowest BCUT2D eigenvalue weighted by molar-refractivity contribution is -0.137. The van der Waals surface area contributed by atoms with Gasteiger partial charge in [-0.2, -0.15) is 13.2 Å². The zero-order valence-corrected chi connectivity index (χ0v) is 11.7. The molecule has 2 aromatic rings. The van der Waals surface area contributed by atoms with E-state index in [4.69, 9.17) is 4.74 Å². The van der Waals surface area contributed by atoms with Gasteiger partial charge in [0.15, 0.2) is 0 Å². The molecule has 4 nitrogen and oxygen atoms in total. The number of methoxy groups -OCH3 is 1. The highest BCUT2D eigenvalue weighted by Crippen LogP contribution is 2.30. The van der Waals surface area contributed by atoms with E-state index in [0.29, 0.717) is 30.5 Å². The molecule has 1 aromatic carbocycles. The van der Waals surface area contributed by atoms with Crippen LogP contribution in [-0.2, 0) is 10.9 Å². The van der Waals surface area contributed by atoms with Crippen molar-refractivity contribution in [2.75, 3.05) is 25.6 Å². The Kier molecular flexibility index (Phi) is 4.52. The number of imidazole rings is 1. The number of ether oxygens (including phenoxy) is 1. The summed E-state index contributed by atoms with van der Waals surface area (Å²) >= 11 is 0. The van der Waals surface area contributed by atoms with Crippen LogP contribution in [0.4, 0.5) is 19.1 Å². The van der Waals surface area contributed by atoms with Crippen molar-refractivity contribution in [3.8, 4) is 5.69 Å². The number of aryl methyl sites for hydroxylation is 1. The molecule has 7 heteroatoms. The van der Waals surface area contributed by atoms with Crippen LogP contribution < -0.4 is 5.32 Å². The Morgan fingerprint density at radius 2 is 2.10 bits per heavy atom. The minimum absolute atomic E-state index is 0.408. The average molecular weight is 299 g/mol. The Hall–Kier alpha value is -2.02. The van der Waals surface area contributed by atoms with E-state index in [2.05, 4.69) is 10.3 Å². The molecule has 21 heavy (non-hydrogen) atoms. The van der Waals surface area contributed by atoms with E-state index in [0.717, 1.165) is 12.1 Å². The molecule has 0 unspecified atom stereocenters. The van der Waals surface area contributed by atoms with E-state index >= 15 is 0 Å². The summed E-state index contributed by atoms with van der Waals surface area (Å²) < 4.78 is 44.9. The maximum atomic E-state index is 12.8. The predicted octanol–water partition coefficient (Wildman–Crippen LogP) is 3.26. The molecule has 0 saturated heterocycles. The average Bonchev–Trinajstić information content (AvgIpc) is 2.79. The first-order chi connectivity index (χ1) is 9.91. The summed E-state index contributed by atoms with van der Waals surface area (Å²) in [6.45, 7) is 2.78. The smallest absolute Gasteiger partial charge is 0.383 e. The normalized spacial score (nSPS) is 11.7. The Labute approximate surface area is 120 Å². The molecule has 114 valence electrons. The number of rotatable bonds is 5. The van der Waals surface area contributed by atoms with Gasteiger partial charge in [-0.15, -0.1) is 0 Å². The van der Waals surface area contributed by atoms with Crippen molar-refractivity contribution >= 4 is 5.95 Å². The largest absolute Gasteiger partial charge is 0.416 e. The third-order valence-electron chi connectivity index (χ3n) is 2.87. The van der Waals surface area contributed by atoms with Gasteiger partial charge in [-0.1, -0.05) is 6.07 Å². The minimum Gasteiger partial charge on any atom is -0.383 e. The molecule has 1 aromatic heterocycles. The first-order valence-electron chi connectivity index (χ1n) is 6.38. The molecular weight excluding hydrogens is 283 g/mol. The highest BCUT2D eigenvalue weighted by Gasteiger charge is 2.30. The Morgan fingerprint density at radius 3 is 2.76 bits per heavy atom. The molecule has 0 aliphatic heterocycles. The molecule has 0 fully saturated rings. The number of halogens is 3. The predicted molar refractivity (Wildman–Crippen MR) is 73.7 cm³/mol. The maximum Gasteiger partial charge on any atom is 0.416 e. The number of benzene rings is 1. The second-order valence-electron chi connectivity index (χ2n) is 4.54. The van der Waals surface area contributed by atoms with Gasteiger partial charge >= 0.3 is 6.18 Å². The summed E-state index contributed by atoms with van der Waals surface area (Å²) in [5.74, 6) is 0.490. The van der Waals surface area contributed by atoms with Crippen LogP contribution in [-0.4, -0.2) is 29.8 Å². The van der Waals surface area contributed by atoms with Crippen molar-refractivity contribution in [2.45, 2.75) is 13.1 Å². The van der Waals surface area contributed by atoms with Gasteiger partial charge in [0.1, 0.15) is 0 Å². The first-order valence-corrected chi connectivity index (χ1v) is 6.38. The van der Waals surface area contributed by atoms with Crippen LogP contribution in [0, 0.1) is 6.92 Å². The van der Waals surface area contributed by atoms with E-state index < -0.39 is 11.7 Å². The Balaban J connectivity index is 2.33. The van der Waals surface area contributed by atoms with Crippen molar-refractivity contribution in [1.82, 2.24) is 9.55 Å². The summed E-state index contributed by atoms with van der Waals surface area (Å²) in [4.78, 5) is 4.27. The quantitative estimate of drug-likeness (QED) is 0.861. The van der Waals surface area contributed by atoms with Gasteiger partial charge < -0.3 is 10.1 Å². The molecule has 1 N–H and O–H groups in total. The maximum absolute atomic E-state index is 12.8. The highest BCUT2D eigenvalue weighted by molar-refractivity contribution is 5.45. The van der Waals surface area contributed by atoms with Gasteiger partial charge in [0.2, 0.25) is 5.95 Å². The number of hydrogen-bond acceptors (Lipinski definition) is 3. The van der Waals surface area contributed by atoms with Gasteiger partial charge in [-0.05, 0) is 25.1 Å². The second-order valence-corrected chi connectivity index (χ2v) is 4.54. The van der Waals surface area contributed by atoms with Crippen molar-refractivity contribution < 1.29 is 17.9 Å². The highest BCUT2D eigenvalue weighted by atomic mass is 19.4. The molecule has 0 aliphatic carbocycles. The fourth-order valence-corrected chi connectivity index (χ4v) is 1.92. The summed E-state index contributed by atoms with van der Waals surface area (Å²) in [5.41, 5.74) is 0.437. The number of hydrogen-bond donors (Lipinski definition) is 1. The number of aromatic nitrogens is 2. The fraction of sp³-hybridized carbons (Fsp3) is 0.357. The molecule has 0 amide bonds. The van der Waals surface area contributed by atoms with Crippen LogP contribution in [0.2, 0.25) is 0 Å². The SMILES string of the molecule is COCCNc1nc(C)cn1-c1cccc(C(F)(F)F)c1. The van der Waals surface area contributed by atoms with Gasteiger partial charge in [0.05, 0.1) is 17.9 Å². The van der Waals surface area contributed by atoms with Crippen LogP contribution in [0.3, 0.4) is 0 Å². The number of anilines is 1. The van der Waals surface area contributed by atoms with Crippen molar-refractivity contribution in [2.24, 2.45) is 0 Å². The molecule has 0 aliphatic rings. The van der Waals surface area contributed by atoms with Gasteiger partial charge in [-0.3, -0.25) is 4.57 Å². The third kappa shape index (κ3) is 3.75. The Morgan fingerprint density at radius 1 is 1.33 bits per heavy atom. The molecule has 0 saturated carbocycles. The van der Waals surface area contributed by atoms with Gasteiger partial charge in [-0.25, -0.2) is 4.98 Å². The Bertz CT molecular complexity index is 608. The fourth-order valence-electron chi connectivity index (χ4n) is 1.92. The van der Waals surface area contributed by atoms with Crippen LogP contribution in [0.15, 0.2) is 30.5 Å². The molecule has 0 bridgehead atoms. The molecule has 0 spiro atoms. The van der Waals surface area contributed by atoms with Crippen molar-refractivity contribution in [3.63, 3.8) is 0 Å². The van der Waals surface area contributed by atoms with Gasteiger partial charge in [0.25, 0.3) is 0 Å². The van der Waals surface area contributed by atoms with Crippen LogP contribution in [0.5, 0.6) is 0 Å². The topological polar surface area (TPSA) is 39.1 Å². The third-order valence-corrected chi connectivity index (χ3v) is 2.87. The summed E-state index contributed by atoms with van der Waals surface area (Å²) in [6.07, 6.45) is -2.68. The van der Waals surface area contributed by atoms with Gasteiger partial charge in [0, 0.05) is 25.5 Å². The number of nitrogens with one attached hydrogen (secondary N) is 1. The first kappa shape index (κ1) is 15.4. The standard InChI is InChI=1S/C14H16F3N3O/c1-10-9-20(13(19-10)18-6-7-21-2)12-5-3-4-11(8-12)14(15,16)17/h3-5,8-9H,6-7H2,1-2H3,(H,18,19). The van der Waals surface area contributed by atoms with Crippen molar-refractivity contribution in [3.05, 3.63) is 41.7 Å². The lowest BCUT2D eigenvalue weighted by Gasteiger charge is -2.12. The summed E-state index contributed by atoms with van der Waals surface area (Å²) in [5, 5.41) is 3.04. The molecule has 1 heterocycles. The van der Waals surface area contributed by atoms with E-state index in [-0.39, 0.29) is 0 Å². The molecule has 0 radical (unpaired) electrons. The zero-order valence-electron chi connectivity index (χ0n) is 11.7. The molecule has 2 rings (SSSR count). The van der Waals surface area contributed by atoms with E-state index in [1.54, 1.807) is 30.9 Å². The van der Waals surface area contributed by atoms with E-state index in [1.807, 2.05) is 0 Å². The lowest BCUT2D eigenvalue weighted by Crippen LogP contribution is -2.12. The molecule has 0 atom stereocenters. The second kappa shape index (κ2) is 6.17. The van der Waals surface area contributed by atoms with Crippen LogP contribution >= 0.6 is 0 Å². The minimum atomic E-state index is -4.37. The van der Waals surface area contributed by atoms with E-state index in [9.17, 15) is 13.2 Å². The molecular formula is C14H16F3N3O. The monoisotopic (exact) mass is 299 g/mol. The number of alkyl halides is 3. The summed E-state index contributed by atoms with van der Waals surface area (Å²) in [6, 6.07) is 5.14. The zero-order chi connectivity index (χ0) is 15.5. The van der Waals surface area contributed by atoms with Crippen LogP contribution in [0.1, 0.15) is 11.3 Å². The van der Waals surface area contributed by atoms with E-state index in [1.165, 1.54) is 6.07 Å².